The number of carbonyl (C=O) groups is 1. The maximum Gasteiger partial charge on any atom is 0.330 e. The van der Waals surface area contributed by atoms with Gasteiger partial charge in [-0.1, -0.05) is 62.7 Å². The van der Waals surface area contributed by atoms with Gasteiger partial charge in [-0.15, -0.1) is 0 Å². The molecule has 3 N–H and O–H groups in total. The summed E-state index contributed by atoms with van der Waals surface area (Å²) in [6, 6.07) is 15.5. The molecule has 0 saturated carbocycles. The highest BCUT2D eigenvalue weighted by atomic mass is 19.1. The number of amides is 1. The zero-order chi connectivity index (χ0) is 26.2. The molecule has 36 heavy (non-hydrogen) atoms. The van der Waals surface area contributed by atoms with Crippen molar-refractivity contribution in [3.05, 3.63) is 92.4 Å². The Morgan fingerprint density at radius 2 is 1.67 bits per heavy atom. The minimum Gasteiger partial charge on any atom is -0.383 e. The first kappa shape index (κ1) is 26.9. The number of nitrogens with zero attached hydrogens (tertiary/aromatic N) is 3. The zero-order valence-corrected chi connectivity index (χ0v) is 21.0. The summed E-state index contributed by atoms with van der Waals surface area (Å²) < 4.78 is 14.9. The molecule has 0 bridgehead atoms. The van der Waals surface area contributed by atoms with Crippen LogP contribution in [0.1, 0.15) is 50.3 Å². The second-order valence-electron chi connectivity index (χ2n) is 8.82. The Kier molecular flexibility index (Phi) is 9.19. The number of nitrogens with two attached hydrogens (primary N) is 1. The van der Waals surface area contributed by atoms with Gasteiger partial charge in [0.05, 0.1) is 12.6 Å². The van der Waals surface area contributed by atoms with Gasteiger partial charge < -0.3 is 10.6 Å². The Balaban J connectivity index is 1.99. The van der Waals surface area contributed by atoms with Gasteiger partial charge in [0.25, 0.3) is 5.56 Å². The van der Waals surface area contributed by atoms with E-state index in [-0.39, 0.29) is 42.4 Å². The standard InChI is InChI=1S/C27H34FN5O3/c1-4-6-17-32(24-25(29)33(16-5-2)27(36)30-26(24)35)22(34)18-31(3)23(19-10-8-7-9-11-19)20-12-14-21(28)15-13-20/h7-15,23H,4-6,16-18,29H2,1-3H3,(H,30,35,36). The number of nitrogens with one attached hydrogen (secondary N) is 1. The van der Waals surface area contributed by atoms with Crippen LogP contribution in [0.25, 0.3) is 0 Å². The molecule has 0 aliphatic rings. The molecule has 9 heteroatoms. The van der Waals surface area contributed by atoms with Gasteiger partial charge in [0, 0.05) is 13.1 Å². The minimum atomic E-state index is -0.685. The summed E-state index contributed by atoms with van der Waals surface area (Å²) in [7, 11) is 1.81. The van der Waals surface area contributed by atoms with Crippen molar-refractivity contribution < 1.29 is 9.18 Å². The molecular formula is C27H34FN5O3. The normalized spacial score (nSPS) is 12.0. The molecule has 0 aliphatic heterocycles. The van der Waals surface area contributed by atoms with Crippen LogP contribution in [-0.2, 0) is 11.3 Å². The monoisotopic (exact) mass is 495 g/mol. The van der Waals surface area contributed by atoms with E-state index in [0.717, 1.165) is 17.5 Å². The molecule has 0 saturated heterocycles. The van der Waals surface area contributed by atoms with Crippen molar-refractivity contribution in [2.45, 2.75) is 45.7 Å². The third kappa shape index (κ3) is 6.09. The van der Waals surface area contributed by atoms with Crippen LogP contribution in [0.2, 0.25) is 0 Å². The number of H-pyrrole nitrogens is 1. The van der Waals surface area contributed by atoms with Gasteiger partial charge in [0.2, 0.25) is 5.91 Å². The van der Waals surface area contributed by atoms with Crippen molar-refractivity contribution in [1.29, 1.82) is 0 Å². The fourth-order valence-corrected chi connectivity index (χ4v) is 4.33. The SMILES string of the molecule is CCCCN(C(=O)CN(C)C(c1ccccc1)c1ccc(F)cc1)c1c(N)n(CCC)c(=O)[nH]c1=O. The summed E-state index contributed by atoms with van der Waals surface area (Å²) in [5.74, 6) is -0.685. The number of anilines is 2. The Labute approximate surface area is 210 Å². The summed E-state index contributed by atoms with van der Waals surface area (Å²) in [6.07, 6.45) is 2.09. The molecule has 8 nitrogen and oxygen atoms in total. The highest BCUT2D eigenvalue weighted by Gasteiger charge is 2.27. The lowest BCUT2D eigenvalue weighted by atomic mass is 9.97. The van der Waals surface area contributed by atoms with Crippen LogP contribution >= 0.6 is 0 Å². The first-order valence-corrected chi connectivity index (χ1v) is 12.2. The number of halogens is 1. The van der Waals surface area contributed by atoms with Crippen molar-refractivity contribution in [3.8, 4) is 0 Å². The molecule has 0 aliphatic carbocycles. The minimum absolute atomic E-state index is 0.00653. The van der Waals surface area contributed by atoms with E-state index < -0.39 is 11.2 Å². The third-order valence-corrected chi connectivity index (χ3v) is 6.09. The van der Waals surface area contributed by atoms with E-state index in [1.807, 2.05) is 56.1 Å². The number of likely N-dealkylation sites (N-methyl/N-ethyl adjacent to an activating group) is 1. The molecule has 3 rings (SSSR count). The molecule has 192 valence electrons. The molecule has 3 aromatic rings. The number of unbranched alkanes of at least 4 members (excludes halogenated alkanes) is 1. The van der Waals surface area contributed by atoms with Crippen molar-refractivity contribution in [3.63, 3.8) is 0 Å². The number of nitrogen functional groups attached to an aromatic ring is 1. The van der Waals surface area contributed by atoms with E-state index in [9.17, 15) is 18.8 Å². The van der Waals surface area contributed by atoms with Crippen LogP contribution < -0.4 is 21.9 Å². The molecule has 1 heterocycles. The number of rotatable bonds is 11. The molecule has 0 fully saturated rings. The van der Waals surface area contributed by atoms with E-state index >= 15 is 0 Å². The van der Waals surface area contributed by atoms with Crippen LogP contribution in [0.15, 0.2) is 64.2 Å². The van der Waals surface area contributed by atoms with Crippen molar-refractivity contribution in [2.75, 3.05) is 30.8 Å². The van der Waals surface area contributed by atoms with E-state index in [1.54, 1.807) is 12.1 Å². The Hall–Kier alpha value is -3.72. The first-order valence-electron chi connectivity index (χ1n) is 12.2. The quantitative estimate of drug-likeness (QED) is 0.424. The third-order valence-electron chi connectivity index (χ3n) is 6.09. The molecule has 1 aromatic heterocycles. The maximum atomic E-state index is 13.7. The maximum absolute atomic E-state index is 13.7. The molecule has 2 aromatic carbocycles. The smallest absolute Gasteiger partial charge is 0.330 e. The van der Waals surface area contributed by atoms with E-state index in [4.69, 9.17) is 5.73 Å². The van der Waals surface area contributed by atoms with Crippen LogP contribution in [0, 0.1) is 5.82 Å². The lowest BCUT2D eigenvalue weighted by molar-refractivity contribution is -0.119. The molecule has 1 unspecified atom stereocenters. The highest BCUT2D eigenvalue weighted by Crippen LogP contribution is 2.28. The first-order chi connectivity index (χ1) is 17.3. The molecule has 0 spiro atoms. The Morgan fingerprint density at radius 3 is 2.28 bits per heavy atom. The van der Waals surface area contributed by atoms with E-state index in [0.29, 0.717) is 19.4 Å². The van der Waals surface area contributed by atoms with Gasteiger partial charge in [-0.3, -0.25) is 24.0 Å². The summed E-state index contributed by atoms with van der Waals surface area (Å²) in [5, 5.41) is 0. The van der Waals surface area contributed by atoms with Crippen molar-refractivity contribution in [1.82, 2.24) is 14.5 Å². The largest absolute Gasteiger partial charge is 0.383 e. The lowest BCUT2D eigenvalue weighted by Crippen LogP contribution is -2.45. The van der Waals surface area contributed by atoms with E-state index in [1.165, 1.54) is 21.6 Å². The number of carbonyl (C=O) groups excluding carboxylic acids is 1. The van der Waals surface area contributed by atoms with Gasteiger partial charge in [0.15, 0.2) is 5.69 Å². The number of aromatic amines is 1. The molecule has 1 amide bonds. The molecular weight excluding hydrogens is 461 g/mol. The van der Waals surface area contributed by atoms with Gasteiger partial charge in [-0.25, -0.2) is 9.18 Å². The summed E-state index contributed by atoms with van der Waals surface area (Å²) in [5.41, 5.74) is 6.75. The van der Waals surface area contributed by atoms with Gasteiger partial charge >= 0.3 is 5.69 Å². The average Bonchev–Trinajstić information content (AvgIpc) is 2.85. The fourth-order valence-electron chi connectivity index (χ4n) is 4.33. The predicted molar refractivity (Wildman–Crippen MR) is 141 cm³/mol. The van der Waals surface area contributed by atoms with Crippen LogP contribution in [0.4, 0.5) is 15.9 Å². The topological polar surface area (TPSA) is 104 Å². The summed E-state index contributed by atoms with van der Waals surface area (Å²) in [6.45, 7) is 4.45. The average molecular weight is 496 g/mol. The van der Waals surface area contributed by atoms with E-state index in [2.05, 4.69) is 4.98 Å². The van der Waals surface area contributed by atoms with Crippen LogP contribution in [0.3, 0.4) is 0 Å². The number of hydrogen-bond acceptors (Lipinski definition) is 5. The second kappa shape index (κ2) is 12.3. The summed E-state index contributed by atoms with van der Waals surface area (Å²) in [4.78, 5) is 44.3. The van der Waals surface area contributed by atoms with Crippen molar-refractivity contribution >= 4 is 17.4 Å². The predicted octanol–water partition coefficient (Wildman–Crippen LogP) is 3.52. The van der Waals surface area contributed by atoms with Gasteiger partial charge in [-0.2, -0.15) is 0 Å². The van der Waals surface area contributed by atoms with Crippen molar-refractivity contribution in [2.24, 2.45) is 0 Å². The Bertz CT molecular complexity index is 1270. The fraction of sp³-hybridized carbons (Fsp3) is 0.370. The highest BCUT2D eigenvalue weighted by molar-refractivity contribution is 5.96. The molecule has 0 radical (unpaired) electrons. The van der Waals surface area contributed by atoms with Crippen LogP contribution in [-0.4, -0.2) is 40.5 Å². The number of benzene rings is 2. The molecule has 1 atom stereocenters. The zero-order valence-electron chi connectivity index (χ0n) is 21.0. The van der Waals surface area contributed by atoms with Gasteiger partial charge in [0.1, 0.15) is 11.6 Å². The van der Waals surface area contributed by atoms with Crippen LogP contribution in [0.5, 0.6) is 0 Å². The van der Waals surface area contributed by atoms with Gasteiger partial charge in [-0.05, 0) is 43.1 Å². The second-order valence-corrected chi connectivity index (χ2v) is 8.82. The lowest BCUT2D eigenvalue weighted by Gasteiger charge is -2.31. The Morgan fingerprint density at radius 1 is 1.03 bits per heavy atom. The summed E-state index contributed by atoms with van der Waals surface area (Å²) >= 11 is 0. The number of hydrogen-bond donors (Lipinski definition) is 2. The number of aromatic nitrogens is 2.